The van der Waals surface area contributed by atoms with Crippen molar-refractivity contribution in [1.82, 2.24) is 10.6 Å². The van der Waals surface area contributed by atoms with Crippen LogP contribution in [0.5, 0.6) is 0 Å². The van der Waals surface area contributed by atoms with Crippen LogP contribution in [0, 0.1) is 0 Å². The number of amides is 1. The van der Waals surface area contributed by atoms with Crippen molar-refractivity contribution in [2.24, 2.45) is 0 Å². The first-order valence-electron chi connectivity index (χ1n) is 7.38. The van der Waals surface area contributed by atoms with Gasteiger partial charge in [-0.3, -0.25) is 9.59 Å². The van der Waals surface area contributed by atoms with Crippen LogP contribution in [0.2, 0.25) is 0 Å². The van der Waals surface area contributed by atoms with E-state index in [0.717, 1.165) is 24.9 Å². The summed E-state index contributed by atoms with van der Waals surface area (Å²) < 4.78 is 5.20. The number of carbonyl (C=O) groups is 2. The largest absolute Gasteiger partial charge is 0.461 e. The molecule has 2 atom stereocenters. The molecule has 5 heteroatoms. The van der Waals surface area contributed by atoms with Gasteiger partial charge in [0, 0.05) is 6.04 Å². The Hall–Kier alpha value is -1.88. The number of hydrogen-bond acceptors (Lipinski definition) is 4. The van der Waals surface area contributed by atoms with E-state index in [2.05, 4.69) is 10.6 Å². The number of benzene rings is 1. The number of esters is 1. The fourth-order valence-electron chi connectivity index (χ4n) is 2.35. The van der Waals surface area contributed by atoms with Crippen molar-refractivity contribution in [3.05, 3.63) is 35.9 Å². The third-order valence-corrected chi connectivity index (χ3v) is 3.48. The first-order valence-corrected chi connectivity index (χ1v) is 7.38. The molecular formula is C16H22N2O3. The average molecular weight is 290 g/mol. The van der Waals surface area contributed by atoms with Gasteiger partial charge in [-0.1, -0.05) is 30.3 Å². The summed E-state index contributed by atoms with van der Waals surface area (Å²) in [6, 6.07) is 9.20. The van der Waals surface area contributed by atoms with Crippen molar-refractivity contribution in [3.63, 3.8) is 0 Å². The lowest BCUT2D eigenvalue weighted by atomic mass is 10.2. The van der Waals surface area contributed by atoms with E-state index in [1.165, 1.54) is 0 Å². The second-order valence-electron chi connectivity index (χ2n) is 5.41. The quantitative estimate of drug-likeness (QED) is 0.777. The topological polar surface area (TPSA) is 67.4 Å². The third kappa shape index (κ3) is 5.19. The van der Waals surface area contributed by atoms with E-state index in [0.29, 0.717) is 0 Å². The molecule has 114 valence electrons. The molecule has 21 heavy (non-hydrogen) atoms. The Morgan fingerprint density at radius 3 is 2.81 bits per heavy atom. The monoisotopic (exact) mass is 290 g/mol. The molecule has 2 N–H and O–H groups in total. The summed E-state index contributed by atoms with van der Waals surface area (Å²) in [6.45, 7) is 2.97. The lowest BCUT2D eigenvalue weighted by molar-refractivity contribution is -0.145. The highest BCUT2D eigenvalue weighted by atomic mass is 16.5. The summed E-state index contributed by atoms with van der Waals surface area (Å²) in [4.78, 5) is 23.6. The fraction of sp³-hybridized carbons (Fsp3) is 0.500. The molecule has 1 amide bonds. The standard InChI is InChI=1S/C16H22N2O3/c1-12(18-16(20)14-8-5-9-17-14)10-15(19)21-11-13-6-3-2-4-7-13/h2-4,6-7,12,14,17H,5,8-11H2,1H3,(H,18,20)/t12-,14+/m1/s1. The van der Waals surface area contributed by atoms with Gasteiger partial charge in [0.15, 0.2) is 0 Å². The van der Waals surface area contributed by atoms with Crippen LogP contribution in [0.1, 0.15) is 31.7 Å². The first-order chi connectivity index (χ1) is 10.1. The molecule has 2 rings (SSSR count). The molecule has 0 aromatic heterocycles. The zero-order chi connectivity index (χ0) is 15.1. The molecule has 1 saturated heterocycles. The van der Waals surface area contributed by atoms with Crippen molar-refractivity contribution in [2.75, 3.05) is 6.54 Å². The van der Waals surface area contributed by atoms with Crippen molar-refractivity contribution in [2.45, 2.75) is 44.9 Å². The summed E-state index contributed by atoms with van der Waals surface area (Å²) in [5.74, 6) is -0.332. The molecule has 1 fully saturated rings. The van der Waals surface area contributed by atoms with Crippen LogP contribution < -0.4 is 10.6 Å². The normalized spacial score (nSPS) is 19.0. The number of nitrogens with one attached hydrogen (secondary N) is 2. The molecule has 1 heterocycles. The van der Waals surface area contributed by atoms with Gasteiger partial charge in [0.2, 0.25) is 5.91 Å². The van der Waals surface area contributed by atoms with Crippen LogP contribution in [0.4, 0.5) is 0 Å². The minimum atomic E-state index is -0.300. The number of rotatable bonds is 6. The maximum absolute atomic E-state index is 11.9. The van der Waals surface area contributed by atoms with Gasteiger partial charge >= 0.3 is 5.97 Å². The number of ether oxygens (including phenoxy) is 1. The van der Waals surface area contributed by atoms with Crippen LogP contribution in [0.3, 0.4) is 0 Å². The molecule has 0 unspecified atom stereocenters. The average Bonchev–Trinajstić information content (AvgIpc) is 3.00. The Kier molecular flexibility index (Phi) is 5.75. The molecule has 0 aliphatic carbocycles. The van der Waals surface area contributed by atoms with Crippen LogP contribution in [-0.4, -0.2) is 30.5 Å². The molecule has 1 aromatic carbocycles. The second-order valence-corrected chi connectivity index (χ2v) is 5.41. The molecule has 0 spiro atoms. The Bertz CT molecular complexity index is 470. The van der Waals surface area contributed by atoms with Crippen LogP contribution >= 0.6 is 0 Å². The summed E-state index contributed by atoms with van der Waals surface area (Å²) in [7, 11) is 0. The summed E-state index contributed by atoms with van der Waals surface area (Å²) in [5, 5.41) is 5.98. The predicted octanol–water partition coefficient (Wildman–Crippen LogP) is 1.38. The molecule has 1 aliphatic heterocycles. The van der Waals surface area contributed by atoms with E-state index >= 15 is 0 Å². The van der Waals surface area contributed by atoms with E-state index in [9.17, 15) is 9.59 Å². The van der Waals surface area contributed by atoms with Crippen molar-refractivity contribution in [1.29, 1.82) is 0 Å². The number of hydrogen-bond donors (Lipinski definition) is 2. The summed E-state index contributed by atoms with van der Waals surface area (Å²) in [6.07, 6.45) is 2.06. The van der Waals surface area contributed by atoms with E-state index < -0.39 is 0 Å². The summed E-state index contributed by atoms with van der Waals surface area (Å²) in [5.41, 5.74) is 0.956. The highest BCUT2D eigenvalue weighted by molar-refractivity contribution is 5.83. The Labute approximate surface area is 125 Å². The van der Waals surface area contributed by atoms with Gasteiger partial charge in [0.1, 0.15) is 6.61 Å². The Morgan fingerprint density at radius 2 is 2.14 bits per heavy atom. The van der Waals surface area contributed by atoms with Crippen molar-refractivity contribution >= 4 is 11.9 Å². The lowest BCUT2D eigenvalue weighted by Crippen LogP contribution is -2.44. The zero-order valence-electron chi connectivity index (χ0n) is 12.3. The Balaban J connectivity index is 1.68. The maximum Gasteiger partial charge on any atom is 0.308 e. The van der Waals surface area contributed by atoms with Crippen LogP contribution in [-0.2, 0) is 20.9 Å². The second kappa shape index (κ2) is 7.78. The van der Waals surface area contributed by atoms with Gasteiger partial charge in [-0.25, -0.2) is 0 Å². The molecule has 5 nitrogen and oxygen atoms in total. The lowest BCUT2D eigenvalue weighted by Gasteiger charge is -2.16. The molecular weight excluding hydrogens is 268 g/mol. The highest BCUT2D eigenvalue weighted by Gasteiger charge is 2.23. The van der Waals surface area contributed by atoms with E-state index in [1.807, 2.05) is 37.3 Å². The minimum absolute atomic E-state index is 0.0316. The highest BCUT2D eigenvalue weighted by Crippen LogP contribution is 2.06. The van der Waals surface area contributed by atoms with Crippen LogP contribution in [0.25, 0.3) is 0 Å². The van der Waals surface area contributed by atoms with Crippen LogP contribution in [0.15, 0.2) is 30.3 Å². The van der Waals surface area contributed by atoms with E-state index in [4.69, 9.17) is 4.74 Å². The minimum Gasteiger partial charge on any atom is -0.461 e. The van der Waals surface area contributed by atoms with Gasteiger partial charge in [-0.2, -0.15) is 0 Å². The third-order valence-electron chi connectivity index (χ3n) is 3.48. The van der Waals surface area contributed by atoms with Gasteiger partial charge in [-0.05, 0) is 31.9 Å². The van der Waals surface area contributed by atoms with E-state index in [1.54, 1.807) is 0 Å². The smallest absolute Gasteiger partial charge is 0.308 e. The van der Waals surface area contributed by atoms with Crippen molar-refractivity contribution in [3.8, 4) is 0 Å². The Morgan fingerprint density at radius 1 is 1.38 bits per heavy atom. The predicted molar refractivity (Wildman–Crippen MR) is 79.5 cm³/mol. The molecule has 0 saturated carbocycles. The molecule has 0 bridgehead atoms. The SMILES string of the molecule is C[C@H](CC(=O)OCc1ccccc1)NC(=O)[C@@H]1CCCN1. The van der Waals surface area contributed by atoms with Gasteiger partial charge in [0.25, 0.3) is 0 Å². The van der Waals surface area contributed by atoms with Gasteiger partial charge < -0.3 is 15.4 Å². The number of carbonyl (C=O) groups excluding carboxylic acids is 2. The zero-order valence-corrected chi connectivity index (χ0v) is 12.3. The maximum atomic E-state index is 11.9. The molecule has 1 aromatic rings. The molecule has 0 radical (unpaired) electrons. The van der Waals surface area contributed by atoms with E-state index in [-0.39, 0.29) is 37.0 Å². The molecule has 1 aliphatic rings. The van der Waals surface area contributed by atoms with Crippen molar-refractivity contribution < 1.29 is 14.3 Å². The van der Waals surface area contributed by atoms with Gasteiger partial charge in [0.05, 0.1) is 12.5 Å². The summed E-state index contributed by atoms with van der Waals surface area (Å²) >= 11 is 0. The van der Waals surface area contributed by atoms with Gasteiger partial charge in [-0.15, -0.1) is 0 Å². The first kappa shape index (κ1) is 15.5. The fourth-order valence-corrected chi connectivity index (χ4v) is 2.35.